The van der Waals surface area contributed by atoms with Gasteiger partial charge in [-0.3, -0.25) is 9.59 Å². The average Bonchev–Trinajstić information content (AvgIpc) is 2.26. The normalized spacial score (nSPS) is 21.0. The van der Waals surface area contributed by atoms with Crippen molar-refractivity contribution in [2.75, 3.05) is 13.1 Å². The minimum atomic E-state index is -4.89. The van der Waals surface area contributed by atoms with E-state index in [0.29, 0.717) is 17.7 Å². The SMILES string of the molecule is CC(C)OC(=O)[C@@H]1CCCN(C(=O)C(F)(F)F)C1. The smallest absolute Gasteiger partial charge is 0.463 e. The Kier molecular flexibility index (Phi) is 4.59. The second-order valence-corrected chi connectivity index (χ2v) is 4.57. The maximum atomic E-state index is 12.3. The van der Waals surface area contributed by atoms with Gasteiger partial charge in [0.25, 0.3) is 0 Å². The van der Waals surface area contributed by atoms with Crippen LogP contribution < -0.4 is 0 Å². The van der Waals surface area contributed by atoms with Crippen molar-refractivity contribution < 1.29 is 27.5 Å². The predicted molar refractivity (Wildman–Crippen MR) is 56.6 cm³/mol. The summed E-state index contributed by atoms with van der Waals surface area (Å²) in [5, 5.41) is 0. The molecule has 0 aromatic rings. The second kappa shape index (κ2) is 5.58. The molecule has 0 aromatic heterocycles. The molecule has 0 bridgehead atoms. The average molecular weight is 267 g/mol. The molecule has 0 saturated carbocycles. The molecule has 4 nitrogen and oxygen atoms in total. The van der Waals surface area contributed by atoms with Crippen LogP contribution in [0.25, 0.3) is 0 Å². The van der Waals surface area contributed by atoms with Crippen molar-refractivity contribution in [2.45, 2.75) is 39.0 Å². The summed E-state index contributed by atoms with van der Waals surface area (Å²) in [5.74, 6) is -3.08. The van der Waals surface area contributed by atoms with E-state index in [2.05, 4.69) is 0 Å². The van der Waals surface area contributed by atoms with Crippen molar-refractivity contribution in [3.63, 3.8) is 0 Å². The Bertz CT molecular complexity index is 328. The lowest BCUT2D eigenvalue weighted by molar-refractivity contribution is -0.188. The van der Waals surface area contributed by atoms with E-state index in [4.69, 9.17) is 4.74 Å². The Morgan fingerprint density at radius 2 is 1.94 bits per heavy atom. The van der Waals surface area contributed by atoms with Crippen LogP contribution in [0.15, 0.2) is 0 Å². The van der Waals surface area contributed by atoms with Gasteiger partial charge in [0.05, 0.1) is 12.0 Å². The van der Waals surface area contributed by atoms with Gasteiger partial charge < -0.3 is 9.64 Å². The molecular weight excluding hydrogens is 251 g/mol. The highest BCUT2D eigenvalue weighted by Gasteiger charge is 2.44. The van der Waals surface area contributed by atoms with Crippen LogP contribution in [-0.2, 0) is 14.3 Å². The number of rotatable bonds is 2. The first-order chi connectivity index (χ1) is 8.21. The van der Waals surface area contributed by atoms with Gasteiger partial charge in [-0.2, -0.15) is 13.2 Å². The number of piperidine rings is 1. The Morgan fingerprint density at radius 3 is 2.44 bits per heavy atom. The van der Waals surface area contributed by atoms with Gasteiger partial charge in [0.15, 0.2) is 0 Å². The molecule has 18 heavy (non-hydrogen) atoms. The summed E-state index contributed by atoms with van der Waals surface area (Å²) in [6.45, 7) is 3.15. The topological polar surface area (TPSA) is 46.6 Å². The molecule has 0 aliphatic carbocycles. The zero-order chi connectivity index (χ0) is 13.9. The zero-order valence-electron chi connectivity index (χ0n) is 10.3. The van der Waals surface area contributed by atoms with Crippen molar-refractivity contribution >= 4 is 11.9 Å². The van der Waals surface area contributed by atoms with Gasteiger partial charge in [-0.1, -0.05) is 0 Å². The van der Waals surface area contributed by atoms with Crippen molar-refractivity contribution in [1.29, 1.82) is 0 Å². The van der Waals surface area contributed by atoms with E-state index in [9.17, 15) is 22.8 Å². The summed E-state index contributed by atoms with van der Waals surface area (Å²) in [5.41, 5.74) is 0. The molecule has 1 saturated heterocycles. The molecule has 1 amide bonds. The lowest BCUT2D eigenvalue weighted by Crippen LogP contribution is -2.48. The quantitative estimate of drug-likeness (QED) is 0.716. The van der Waals surface area contributed by atoms with Crippen LogP contribution in [0.3, 0.4) is 0 Å². The van der Waals surface area contributed by atoms with E-state index >= 15 is 0 Å². The van der Waals surface area contributed by atoms with E-state index in [1.807, 2.05) is 0 Å². The molecule has 1 heterocycles. The zero-order valence-corrected chi connectivity index (χ0v) is 10.3. The predicted octanol–water partition coefficient (Wildman–Crippen LogP) is 1.74. The largest absolute Gasteiger partial charge is 0.471 e. The molecule has 0 N–H and O–H groups in total. The minimum absolute atomic E-state index is 0.0315. The number of alkyl halides is 3. The highest BCUT2D eigenvalue weighted by Crippen LogP contribution is 2.24. The molecular formula is C11H16F3NO3. The molecule has 0 aromatic carbocycles. The summed E-state index contributed by atoms with van der Waals surface area (Å²) >= 11 is 0. The Hall–Kier alpha value is -1.27. The van der Waals surface area contributed by atoms with Crippen LogP contribution in [-0.4, -0.2) is 42.1 Å². The number of esters is 1. The van der Waals surface area contributed by atoms with E-state index in [1.54, 1.807) is 13.8 Å². The van der Waals surface area contributed by atoms with Crippen LogP contribution in [0.5, 0.6) is 0 Å². The van der Waals surface area contributed by atoms with Crippen LogP contribution >= 0.6 is 0 Å². The maximum Gasteiger partial charge on any atom is 0.471 e. The molecule has 0 radical (unpaired) electrons. The number of hydrogen-bond donors (Lipinski definition) is 0. The molecule has 0 spiro atoms. The maximum absolute atomic E-state index is 12.3. The van der Waals surface area contributed by atoms with Gasteiger partial charge in [0, 0.05) is 13.1 Å². The van der Waals surface area contributed by atoms with E-state index in [1.165, 1.54) is 0 Å². The van der Waals surface area contributed by atoms with Gasteiger partial charge in [0.2, 0.25) is 0 Å². The first-order valence-corrected chi connectivity index (χ1v) is 5.78. The van der Waals surface area contributed by atoms with Gasteiger partial charge in [-0.25, -0.2) is 0 Å². The third-order valence-electron chi connectivity index (χ3n) is 2.64. The van der Waals surface area contributed by atoms with Gasteiger partial charge in [-0.15, -0.1) is 0 Å². The van der Waals surface area contributed by atoms with Crippen molar-refractivity contribution in [3.05, 3.63) is 0 Å². The van der Waals surface area contributed by atoms with Gasteiger partial charge >= 0.3 is 18.1 Å². The van der Waals surface area contributed by atoms with Gasteiger partial charge in [-0.05, 0) is 26.7 Å². The lowest BCUT2D eigenvalue weighted by Gasteiger charge is -2.32. The molecule has 1 rings (SSSR count). The van der Waals surface area contributed by atoms with Crippen LogP contribution in [0.1, 0.15) is 26.7 Å². The number of amides is 1. The van der Waals surface area contributed by atoms with E-state index < -0.39 is 24.0 Å². The number of carbonyl (C=O) groups is 2. The number of nitrogens with zero attached hydrogens (tertiary/aromatic N) is 1. The molecule has 104 valence electrons. The number of likely N-dealkylation sites (tertiary alicyclic amines) is 1. The van der Waals surface area contributed by atoms with E-state index in [0.717, 1.165) is 0 Å². The molecule has 7 heteroatoms. The van der Waals surface area contributed by atoms with Crippen LogP contribution in [0, 0.1) is 5.92 Å². The van der Waals surface area contributed by atoms with Crippen molar-refractivity contribution in [1.82, 2.24) is 4.90 Å². The third kappa shape index (κ3) is 3.89. The Balaban J connectivity index is 2.61. The van der Waals surface area contributed by atoms with Crippen molar-refractivity contribution in [2.24, 2.45) is 5.92 Å². The summed E-state index contributed by atoms with van der Waals surface area (Å²) in [6.07, 6.45) is -4.37. The monoisotopic (exact) mass is 267 g/mol. The Labute approximate surface area is 103 Å². The number of ether oxygens (including phenoxy) is 1. The summed E-state index contributed by atoms with van der Waals surface area (Å²) in [7, 11) is 0. The van der Waals surface area contributed by atoms with Crippen molar-refractivity contribution in [3.8, 4) is 0 Å². The summed E-state index contributed by atoms with van der Waals surface area (Å²) in [4.78, 5) is 23.3. The first kappa shape index (κ1) is 14.8. The molecule has 0 unspecified atom stereocenters. The molecule has 1 aliphatic rings. The molecule has 1 fully saturated rings. The second-order valence-electron chi connectivity index (χ2n) is 4.57. The highest BCUT2D eigenvalue weighted by molar-refractivity contribution is 5.83. The summed E-state index contributed by atoms with van der Waals surface area (Å²) < 4.78 is 41.7. The third-order valence-corrected chi connectivity index (χ3v) is 2.64. The fourth-order valence-corrected chi connectivity index (χ4v) is 1.86. The van der Waals surface area contributed by atoms with Gasteiger partial charge in [0.1, 0.15) is 0 Å². The lowest BCUT2D eigenvalue weighted by atomic mass is 9.98. The van der Waals surface area contributed by atoms with E-state index in [-0.39, 0.29) is 19.2 Å². The minimum Gasteiger partial charge on any atom is -0.463 e. The van der Waals surface area contributed by atoms with Crippen LogP contribution in [0.4, 0.5) is 13.2 Å². The fraction of sp³-hybridized carbons (Fsp3) is 0.818. The molecule has 1 aliphatic heterocycles. The van der Waals surface area contributed by atoms with Crippen LogP contribution in [0.2, 0.25) is 0 Å². The first-order valence-electron chi connectivity index (χ1n) is 5.78. The summed E-state index contributed by atoms with van der Waals surface area (Å²) in [6, 6.07) is 0. The number of halogens is 3. The fourth-order valence-electron chi connectivity index (χ4n) is 1.86. The molecule has 1 atom stereocenters. The Morgan fingerprint density at radius 1 is 1.33 bits per heavy atom. The highest BCUT2D eigenvalue weighted by atomic mass is 19.4. The number of carbonyl (C=O) groups excluding carboxylic acids is 2. The number of hydrogen-bond acceptors (Lipinski definition) is 3. The standard InChI is InChI=1S/C11H16F3NO3/c1-7(2)18-9(16)8-4-3-5-15(6-8)10(17)11(12,13)14/h7-8H,3-6H2,1-2H3/t8-/m1/s1.